The zero-order chi connectivity index (χ0) is 10.1. The van der Waals surface area contributed by atoms with Crippen LogP contribution in [0.3, 0.4) is 0 Å². The van der Waals surface area contributed by atoms with Crippen molar-refractivity contribution in [2.24, 2.45) is 0 Å². The Morgan fingerprint density at radius 3 is 2.85 bits per heavy atom. The maximum Gasteiger partial charge on any atom is 0.221 e. The molecule has 0 aliphatic rings. The maximum atomic E-state index is 11.2. The zero-order valence-corrected chi connectivity index (χ0v) is 9.58. The number of amides is 1. The molecule has 13 heavy (non-hydrogen) atoms. The van der Waals surface area contributed by atoms with Gasteiger partial charge in [-0.25, -0.2) is 0 Å². The molecule has 0 fully saturated rings. The summed E-state index contributed by atoms with van der Waals surface area (Å²) in [5.74, 6) is 1.27. The highest BCUT2D eigenvalue weighted by molar-refractivity contribution is 7.98. The van der Waals surface area contributed by atoms with Gasteiger partial charge in [-0.1, -0.05) is 0 Å². The van der Waals surface area contributed by atoms with Crippen LogP contribution in [0.5, 0.6) is 0 Å². The molecular formula is C8H16ClNO2S. The van der Waals surface area contributed by atoms with Crippen LogP contribution < -0.4 is 5.32 Å². The van der Waals surface area contributed by atoms with Crippen molar-refractivity contribution in [3.05, 3.63) is 0 Å². The third kappa shape index (κ3) is 7.16. The van der Waals surface area contributed by atoms with Crippen LogP contribution in [0.1, 0.15) is 6.42 Å². The van der Waals surface area contributed by atoms with E-state index in [4.69, 9.17) is 16.3 Å². The summed E-state index contributed by atoms with van der Waals surface area (Å²) in [7, 11) is 1.59. The molecule has 1 amide bonds. The predicted molar refractivity (Wildman–Crippen MR) is 57.5 cm³/mol. The lowest BCUT2D eigenvalue weighted by atomic mass is 10.3. The number of carbonyl (C=O) groups excluding carboxylic acids is 1. The molecule has 0 aromatic heterocycles. The Balaban J connectivity index is 3.60. The van der Waals surface area contributed by atoms with Gasteiger partial charge in [-0.3, -0.25) is 4.79 Å². The minimum absolute atomic E-state index is 0.0389. The van der Waals surface area contributed by atoms with Crippen molar-refractivity contribution in [2.75, 3.05) is 31.6 Å². The zero-order valence-electron chi connectivity index (χ0n) is 8.01. The topological polar surface area (TPSA) is 38.3 Å². The van der Waals surface area contributed by atoms with E-state index >= 15 is 0 Å². The molecule has 0 aliphatic carbocycles. The first-order valence-electron chi connectivity index (χ1n) is 4.07. The molecule has 1 unspecified atom stereocenters. The van der Waals surface area contributed by atoms with Gasteiger partial charge in [-0.2, -0.15) is 11.8 Å². The van der Waals surface area contributed by atoms with Crippen LogP contribution in [0.2, 0.25) is 0 Å². The molecule has 1 atom stereocenters. The number of thioether (sulfide) groups is 1. The summed E-state index contributed by atoms with van der Waals surface area (Å²) in [4.78, 5) is 11.2. The van der Waals surface area contributed by atoms with Gasteiger partial charge in [0, 0.05) is 25.2 Å². The van der Waals surface area contributed by atoms with Crippen LogP contribution in [0, 0.1) is 0 Å². The van der Waals surface area contributed by atoms with E-state index in [1.807, 2.05) is 6.26 Å². The highest BCUT2D eigenvalue weighted by Crippen LogP contribution is 1.96. The van der Waals surface area contributed by atoms with Crippen LogP contribution >= 0.6 is 23.4 Å². The second kappa shape index (κ2) is 8.66. The molecule has 0 saturated heterocycles. The molecule has 78 valence electrons. The molecule has 0 aromatic rings. The molecule has 3 nitrogen and oxygen atoms in total. The molecule has 0 aromatic carbocycles. The molecule has 0 radical (unpaired) electrons. The van der Waals surface area contributed by atoms with Gasteiger partial charge in [-0.15, -0.1) is 11.6 Å². The maximum absolute atomic E-state index is 11.2. The van der Waals surface area contributed by atoms with Crippen LogP contribution in [0.4, 0.5) is 0 Å². The fourth-order valence-electron chi connectivity index (χ4n) is 0.821. The van der Waals surface area contributed by atoms with Crippen molar-refractivity contribution in [3.8, 4) is 0 Å². The van der Waals surface area contributed by atoms with Crippen LogP contribution in [0.25, 0.3) is 0 Å². The third-order valence-corrected chi connectivity index (χ3v) is 2.44. The third-order valence-electron chi connectivity index (χ3n) is 1.45. The molecule has 0 bridgehead atoms. The number of carbonyl (C=O) groups is 1. The Bertz CT molecular complexity index is 146. The van der Waals surface area contributed by atoms with Gasteiger partial charge in [0.15, 0.2) is 0 Å². The van der Waals surface area contributed by atoms with Crippen molar-refractivity contribution in [1.82, 2.24) is 5.32 Å². The van der Waals surface area contributed by atoms with Gasteiger partial charge in [-0.05, 0) is 6.26 Å². The van der Waals surface area contributed by atoms with Crippen LogP contribution in [-0.2, 0) is 9.53 Å². The summed E-state index contributed by atoms with van der Waals surface area (Å²) in [5.41, 5.74) is 0. The van der Waals surface area contributed by atoms with E-state index in [9.17, 15) is 4.79 Å². The fraction of sp³-hybridized carbons (Fsp3) is 0.875. The minimum Gasteiger partial charge on any atom is -0.383 e. The molecule has 0 spiro atoms. The average molecular weight is 226 g/mol. The van der Waals surface area contributed by atoms with Crippen LogP contribution in [-0.4, -0.2) is 43.6 Å². The Labute approximate surface area is 88.5 Å². The van der Waals surface area contributed by atoms with Gasteiger partial charge in [0.1, 0.15) is 0 Å². The SMILES string of the molecule is COCC(CCl)NC(=O)CCSC. The summed E-state index contributed by atoms with van der Waals surface area (Å²) >= 11 is 7.28. The molecule has 0 aliphatic heterocycles. The number of alkyl halides is 1. The van der Waals surface area contributed by atoms with Gasteiger partial charge in [0.2, 0.25) is 5.91 Å². The lowest BCUT2D eigenvalue weighted by molar-refractivity contribution is -0.121. The van der Waals surface area contributed by atoms with E-state index in [-0.39, 0.29) is 11.9 Å². The summed E-state index contributed by atoms with van der Waals surface area (Å²) in [5, 5.41) is 2.79. The largest absolute Gasteiger partial charge is 0.383 e. The molecule has 5 heteroatoms. The van der Waals surface area contributed by atoms with Crippen LogP contribution in [0.15, 0.2) is 0 Å². The summed E-state index contributed by atoms with van der Waals surface area (Å²) in [6, 6.07) is -0.0685. The van der Waals surface area contributed by atoms with E-state index < -0.39 is 0 Å². The van der Waals surface area contributed by atoms with Crippen molar-refractivity contribution in [2.45, 2.75) is 12.5 Å². The number of nitrogens with one attached hydrogen (secondary N) is 1. The second-order valence-electron chi connectivity index (χ2n) is 2.62. The smallest absolute Gasteiger partial charge is 0.221 e. The van der Waals surface area contributed by atoms with Gasteiger partial charge in [0.25, 0.3) is 0 Å². The predicted octanol–water partition coefficient (Wildman–Crippen LogP) is 1.11. The molecule has 0 heterocycles. The normalized spacial score (nSPS) is 12.5. The van der Waals surface area contributed by atoms with Crippen molar-refractivity contribution >= 4 is 29.3 Å². The second-order valence-corrected chi connectivity index (χ2v) is 3.91. The monoisotopic (exact) mass is 225 g/mol. The highest BCUT2D eigenvalue weighted by atomic mass is 35.5. The van der Waals surface area contributed by atoms with Crippen molar-refractivity contribution in [3.63, 3.8) is 0 Å². The summed E-state index contributed by atoms with van der Waals surface area (Å²) in [6.45, 7) is 0.467. The number of ether oxygens (including phenoxy) is 1. The summed E-state index contributed by atoms with van der Waals surface area (Å²) < 4.78 is 4.90. The van der Waals surface area contributed by atoms with E-state index in [2.05, 4.69) is 5.32 Å². The van der Waals surface area contributed by atoms with Gasteiger partial charge >= 0.3 is 0 Å². The van der Waals surface area contributed by atoms with E-state index in [0.29, 0.717) is 18.9 Å². The fourth-order valence-corrected chi connectivity index (χ4v) is 1.38. The Morgan fingerprint density at radius 1 is 1.69 bits per heavy atom. The summed E-state index contributed by atoms with van der Waals surface area (Å²) in [6.07, 6.45) is 2.51. The molecule has 0 saturated carbocycles. The lowest BCUT2D eigenvalue weighted by Gasteiger charge is -2.14. The first-order valence-corrected chi connectivity index (χ1v) is 6.00. The number of rotatable bonds is 7. The quantitative estimate of drug-likeness (QED) is 0.660. The number of hydrogen-bond donors (Lipinski definition) is 1. The number of halogens is 1. The van der Waals surface area contributed by atoms with Gasteiger partial charge < -0.3 is 10.1 Å². The molecular weight excluding hydrogens is 210 g/mol. The van der Waals surface area contributed by atoms with Gasteiger partial charge in [0.05, 0.1) is 12.6 Å². The Morgan fingerprint density at radius 2 is 2.38 bits per heavy atom. The van der Waals surface area contributed by atoms with E-state index in [0.717, 1.165) is 5.75 Å². The lowest BCUT2D eigenvalue weighted by Crippen LogP contribution is -2.39. The highest BCUT2D eigenvalue weighted by Gasteiger charge is 2.09. The average Bonchev–Trinajstić information content (AvgIpc) is 2.14. The standard InChI is InChI=1S/C8H16ClNO2S/c1-12-6-7(5-9)10-8(11)3-4-13-2/h7H,3-6H2,1-2H3,(H,10,11). The minimum atomic E-state index is -0.0685. The first-order chi connectivity index (χ1) is 6.24. The molecule has 0 rings (SSSR count). The van der Waals surface area contributed by atoms with Crippen molar-refractivity contribution < 1.29 is 9.53 Å². The first kappa shape index (κ1) is 13.1. The number of methoxy groups -OCH3 is 1. The van der Waals surface area contributed by atoms with Crippen molar-refractivity contribution in [1.29, 1.82) is 0 Å². The Hall–Kier alpha value is 0.0700. The van der Waals surface area contributed by atoms with E-state index in [1.54, 1.807) is 18.9 Å². The molecule has 1 N–H and O–H groups in total. The number of hydrogen-bond acceptors (Lipinski definition) is 3. The Kier molecular flexibility index (Phi) is 8.71. The van der Waals surface area contributed by atoms with E-state index in [1.165, 1.54) is 0 Å².